The first-order valence-electron chi connectivity index (χ1n) is 6.90. The predicted octanol–water partition coefficient (Wildman–Crippen LogP) is -0.0978. The van der Waals surface area contributed by atoms with Crippen LogP contribution >= 0.6 is 0 Å². The van der Waals surface area contributed by atoms with Gasteiger partial charge in [-0.15, -0.1) is 0 Å². The predicted molar refractivity (Wildman–Crippen MR) is 74.4 cm³/mol. The lowest BCUT2D eigenvalue weighted by Gasteiger charge is -2.21. The fourth-order valence-corrected chi connectivity index (χ4v) is 2.39. The van der Waals surface area contributed by atoms with E-state index >= 15 is 0 Å². The molecule has 1 amide bonds. The van der Waals surface area contributed by atoms with E-state index in [2.05, 4.69) is 14.9 Å². The van der Waals surface area contributed by atoms with Crippen LogP contribution < -0.4 is 0 Å². The lowest BCUT2D eigenvalue weighted by molar-refractivity contribution is 0.0669. The average molecular weight is 296 g/mol. The van der Waals surface area contributed by atoms with Gasteiger partial charge in [0.05, 0.1) is 12.9 Å². The van der Waals surface area contributed by atoms with Crippen LogP contribution in [0, 0.1) is 0 Å². The summed E-state index contributed by atoms with van der Waals surface area (Å²) in [5.74, 6) is -1.50. The van der Waals surface area contributed by atoms with Gasteiger partial charge >= 0.3 is 5.97 Å². The number of carbonyl (C=O) groups is 2. The van der Waals surface area contributed by atoms with Crippen LogP contribution in [0.3, 0.4) is 0 Å². The van der Waals surface area contributed by atoms with E-state index in [-0.39, 0.29) is 17.3 Å². The Morgan fingerprint density at radius 1 is 1.38 bits per heavy atom. The molecule has 0 atom stereocenters. The van der Waals surface area contributed by atoms with Crippen molar-refractivity contribution in [3.8, 4) is 0 Å². The molecule has 2 N–H and O–H groups in total. The lowest BCUT2D eigenvalue weighted by Crippen LogP contribution is -2.36. The maximum atomic E-state index is 12.4. The van der Waals surface area contributed by atoms with Gasteiger partial charge in [0.25, 0.3) is 5.91 Å². The highest BCUT2D eigenvalue weighted by molar-refractivity contribution is 6.02. The van der Waals surface area contributed by atoms with Crippen LogP contribution in [-0.4, -0.2) is 83.2 Å². The average Bonchev–Trinajstić information content (AvgIpc) is 2.84. The third-order valence-electron chi connectivity index (χ3n) is 3.54. The SMILES string of the molecule is COCCN1CCCN(C(=O)c2nc[nH]c2C(=O)O)CC1. The molecule has 21 heavy (non-hydrogen) atoms. The standard InChI is InChI=1S/C13H20N4O4/c1-21-8-7-16-3-2-4-17(6-5-16)12(18)10-11(13(19)20)15-9-14-10/h9H,2-8H2,1H3,(H,14,15)(H,19,20). The Morgan fingerprint density at radius 2 is 2.19 bits per heavy atom. The van der Waals surface area contributed by atoms with Gasteiger partial charge in [-0.2, -0.15) is 0 Å². The Bertz CT molecular complexity index is 502. The van der Waals surface area contributed by atoms with Gasteiger partial charge in [0.15, 0.2) is 11.4 Å². The van der Waals surface area contributed by atoms with E-state index in [9.17, 15) is 9.59 Å². The quantitative estimate of drug-likeness (QED) is 0.787. The monoisotopic (exact) mass is 296 g/mol. The molecule has 116 valence electrons. The molecular formula is C13H20N4O4. The highest BCUT2D eigenvalue weighted by Gasteiger charge is 2.26. The Balaban J connectivity index is 2.00. The minimum atomic E-state index is -1.17. The van der Waals surface area contributed by atoms with Crippen LogP contribution in [0.15, 0.2) is 6.33 Å². The molecule has 8 nitrogen and oxygen atoms in total. The third kappa shape index (κ3) is 3.79. The van der Waals surface area contributed by atoms with Crippen molar-refractivity contribution in [2.45, 2.75) is 6.42 Å². The number of H-pyrrole nitrogens is 1. The second-order valence-corrected chi connectivity index (χ2v) is 4.91. The second-order valence-electron chi connectivity index (χ2n) is 4.91. The minimum absolute atomic E-state index is 0.0205. The molecule has 0 aliphatic carbocycles. The van der Waals surface area contributed by atoms with Gasteiger partial charge in [-0.05, 0) is 13.0 Å². The first-order valence-corrected chi connectivity index (χ1v) is 6.90. The second kappa shape index (κ2) is 7.19. The number of nitrogens with one attached hydrogen (secondary N) is 1. The number of hydrogen-bond acceptors (Lipinski definition) is 5. The molecule has 0 aromatic carbocycles. The van der Waals surface area contributed by atoms with Crippen LogP contribution in [0.4, 0.5) is 0 Å². The topological polar surface area (TPSA) is 98.8 Å². The van der Waals surface area contributed by atoms with Crippen molar-refractivity contribution < 1.29 is 19.4 Å². The number of aromatic amines is 1. The van der Waals surface area contributed by atoms with Gasteiger partial charge in [0.2, 0.25) is 0 Å². The normalized spacial score (nSPS) is 16.7. The van der Waals surface area contributed by atoms with Crippen LogP contribution in [0.25, 0.3) is 0 Å². The van der Waals surface area contributed by atoms with Crippen molar-refractivity contribution in [2.75, 3.05) is 46.4 Å². The number of rotatable bonds is 5. The van der Waals surface area contributed by atoms with Crippen molar-refractivity contribution in [1.29, 1.82) is 0 Å². The first kappa shape index (κ1) is 15.5. The van der Waals surface area contributed by atoms with Crippen LogP contribution in [0.1, 0.15) is 27.4 Å². The third-order valence-corrected chi connectivity index (χ3v) is 3.54. The van der Waals surface area contributed by atoms with Gasteiger partial charge in [0, 0.05) is 33.3 Å². The lowest BCUT2D eigenvalue weighted by atomic mass is 10.2. The first-order chi connectivity index (χ1) is 10.1. The maximum absolute atomic E-state index is 12.4. The molecule has 1 saturated heterocycles. The Morgan fingerprint density at radius 3 is 2.90 bits per heavy atom. The van der Waals surface area contributed by atoms with E-state index in [1.165, 1.54) is 6.33 Å². The summed E-state index contributed by atoms with van der Waals surface area (Å²) in [5, 5.41) is 9.03. The molecule has 1 aromatic rings. The number of nitrogens with zero attached hydrogens (tertiary/aromatic N) is 3. The van der Waals surface area contributed by atoms with Gasteiger partial charge in [-0.1, -0.05) is 0 Å². The number of aromatic nitrogens is 2. The number of carbonyl (C=O) groups excluding carboxylic acids is 1. The van der Waals surface area contributed by atoms with Gasteiger partial charge in [-0.25, -0.2) is 9.78 Å². The van der Waals surface area contributed by atoms with Gasteiger partial charge < -0.3 is 19.7 Å². The largest absolute Gasteiger partial charge is 0.477 e. The number of amides is 1. The summed E-state index contributed by atoms with van der Waals surface area (Å²) in [6.07, 6.45) is 2.09. The summed E-state index contributed by atoms with van der Waals surface area (Å²) in [6.45, 7) is 4.32. The van der Waals surface area contributed by atoms with E-state index in [0.29, 0.717) is 19.7 Å². The smallest absolute Gasteiger partial charge is 0.354 e. The Hall–Kier alpha value is -1.93. The molecule has 1 aliphatic rings. The molecule has 0 saturated carbocycles. The fourth-order valence-electron chi connectivity index (χ4n) is 2.39. The fraction of sp³-hybridized carbons (Fsp3) is 0.615. The molecule has 0 radical (unpaired) electrons. The molecule has 1 aliphatic heterocycles. The highest BCUT2D eigenvalue weighted by Crippen LogP contribution is 2.10. The van der Waals surface area contributed by atoms with Crippen LogP contribution in [0.5, 0.6) is 0 Å². The van der Waals surface area contributed by atoms with E-state index in [1.807, 2.05) is 0 Å². The summed E-state index contributed by atoms with van der Waals surface area (Å²) in [4.78, 5) is 33.7. The molecule has 0 bridgehead atoms. The molecular weight excluding hydrogens is 276 g/mol. The summed E-state index contributed by atoms with van der Waals surface area (Å²) in [7, 11) is 1.67. The number of imidazole rings is 1. The van der Waals surface area contributed by atoms with Crippen molar-refractivity contribution in [2.24, 2.45) is 0 Å². The maximum Gasteiger partial charge on any atom is 0.354 e. The van der Waals surface area contributed by atoms with Crippen molar-refractivity contribution in [3.63, 3.8) is 0 Å². The number of aromatic carboxylic acids is 1. The van der Waals surface area contributed by atoms with Crippen molar-refractivity contribution in [3.05, 3.63) is 17.7 Å². The van der Waals surface area contributed by atoms with Crippen molar-refractivity contribution >= 4 is 11.9 Å². The molecule has 2 rings (SSSR count). The zero-order chi connectivity index (χ0) is 15.2. The number of hydrogen-bond donors (Lipinski definition) is 2. The zero-order valence-corrected chi connectivity index (χ0v) is 12.0. The molecule has 1 aromatic heterocycles. The number of carboxylic acids is 1. The van der Waals surface area contributed by atoms with E-state index in [0.717, 1.165) is 26.1 Å². The Kier molecular flexibility index (Phi) is 5.29. The van der Waals surface area contributed by atoms with E-state index < -0.39 is 5.97 Å². The zero-order valence-electron chi connectivity index (χ0n) is 12.0. The van der Waals surface area contributed by atoms with Crippen LogP contribution in [-0.2, 0) is 4.74 Å². The number of carboxylic acid groups (broad SMARTS) is 1. The summed E-state index contributed by atoms with van der Waals surface area (Å²) in [5.41, 5.74) is -0.173. The van der Waals surface area contributed by atoms with Gasteiger partial charge in [0.1, 0.15) is 0 Å². The minimum Gasteiger partial charge on any atom is -0.477 e. The Labute approximate surface area is 122 Å². The molecule has 8 heteroatoms. The summed E-state index contributed by atoms with van der Waals surface area (Å²) in [6, 6.07) is 0. The molecule has 0 unspecified atom stereocenters. The molecule has 1 fully saturated rings. The van der Waals surface area contributed by atoms with E-state index in [4.69, 9.17) is 9.84 Å². The molecule has 0 spiro atoms. The number of methoxy groups -OCH3 is 1. The molecule has 2 heterocycles. The van der Waals surface area contributed by atoms with Crippen molar-refractivity contribution in [1.82, 2.24) is 19.8 Å². The summed E-state index contributed by atoms with van der Waals surface area (Å²) >= 11 is 0. The van der Waals surface area contributed by atoms with E-state index in [1.54, 1.807) is 12.0 Å². The highest BCUT2D eigenvalue weighted by atomic mass is 16.5. The van der Waals surface area contributed by atoms with Crippen LogP contribution in [0.2, 0.25) is 0 Å². The summed E-state index contributed by atoms with van der Waals surface area (Å²) < 4.78 is 5.06. The van der Waals surface area contributed by atoms with Gasteiger partial charge in [-0.3, -0.25) is 9.69 Å². The number of ether oxygens (including phenoxy) is 1.